The van der Waals surface area contributed by atoms with E-state index in [2.05, 4.69) is 21.2 Å². The molecule has 1 rings (SSSR count). The second kappa shape index (κ2) is 5.10. The molecule has 17 heavy (non-hydrogen) atoms. The van der Waals surface area contributed by atoms with Crippen molar-refractivity contribution in [3.8, 4) is 0 Å². The molecule has 1 amide bonds. The predicted molar refractivity (Wildman–Crippen MR) is 72.4 cm³/mol. The summed E-state index contributed by atoms with van der Waals surface area (Å²) in [5.41, 5.74) is 4.57. The highest BCUT2D eigenvalue weighted by Gasteiger charge is 2.25. The third-order valence-corrected chi connectivity index (χ3v) is 3.36. The Hall–Kier alpha value is -1.01. The Bertz CT molecular complexity index is 477. The van der Waals surface area contributed by atoms with E-state index in [9.17, 15) is 9.18 Å². The van der Waals surface area contributed by atoms with Crippen LogP contribution in [0.5, 0.6) is 0 Å². The van der Waals surface area contributed by atoms with Gasteiger partial charge in [0.1, 0.15) is 5.82 Å². The molecule has 3 nitrogen and oxygen atoms in total. The Morgan fingerprint density at radius 3 is 2.65 bits per heavy atom. The van der Waals surface area contributed by atoms with E-state index >= 15 is 0 Å². The van der Waals surface area contributed by atoms with Gasteiger partial charge in [-0.1, -0.05) is 18.3 Å². The molecule has 0 fully saturated rings. The maximum absolute atomic E-state index is 13.7. The fourth-order valence-electron chi connectivity index (χ4n) is 1.09. The summed E-state index contributed by atoms with van der Waals surface area (Å²) in [5.74, 6) is -1.16. The molecule has 1 aromatic carbocycles. The Balaban J connectivity index is 2.99. The van der Waals surface area contributed by atoms with Crippen LogP contribution >= 0.6 is 28.1 Å². The van der Waals surface area contributed by atoms with Crippen LogP contribution in [0.4, 0.5) is 4.39 Å². The molecule has 0 bridgehead atoms. The van der Waals surface area contributed by atoms with E-state index in [1.54, 1.807) is 19.9 Å². The highest BCUT2D eigenvalue weighted by molar-refractivity contribution is 9.10. The Labute approximate surface area is 113 Å². The average Bonchev–Trinajstić information content (AvgIpc) is 2.21. The molecule has 92 valence electrons. The minimum absolute atomic E-state index is 0.0521. The van der Waals surface area contributed by atoms with Gasteiger partial charge in [0.25, 0.3) is 5.91 Å². The molecule has 0 radical (unpaired) electrons. The number of rotatable bonds is 3. The van der Waals surface area contributed by atoms with Gasteiger partial charge in [0.05, 0.1) is 20.6 Å². The number of thiocarbonyl (C=S) groups is 1. The van der Waals surface area contributed by atoms with Gasteiger partial charge in [-0.3, -0.25) is 4.79 Å². The zero-order valence-electron chi connectivity index (χ0n) is 9.38. The number of carbonyl (C=O) groups is 1. The molecule has 0 unspecified atom stereocenters. The van der Waals surface area contributed by atoms with Crippen molar-refractivity contribution in [3.05, 3.63) is 34.1 Å². The zero-order valence-corrected chi connectivity index (χ0v) is 11.8. The third-order valence-electron chi connectivity index (χ3n) is 2.24. The van der Waals surface area contributed by atoms with Gasteiger partial charge in [0.15, 0.2) is 0 Å². The van der Waals surface area contributed by atoms with E-state index in [4.69, 9.17) is 18.0 Å². The third kappa shape index (κ3) is 3.23. The van der Waals surface area contributed by atoms with Crippen LogP contribution in [0.25, 0.3) is 0 Å². The number of carbonyl (C=O) groups excluding carboxylic acids is 1. The minimum atomic E-state index is -0.860. The van der Waals surface area contributed by atoms with E-state index in [-0.39, 0.29) is 15.0 Å². The summed E-state index contributed by atoms with van der Waals surface area (Å²) in [6, 6.07) is 4.49. The molecular weight excluding hydrogens is 307 g/mol. The van der Waals surface area contributed by atoms with Crippen LogP contribution in [-0.4, -0.2) is 16.4 Å². The Kier molecular flexibility index (Phi) is 4.21. The molecule has 0 heterocycles. The summed E-state index contributed by atoms with van der Waals surface area (Å²) in [6.07, 6.45) is 0. The van der Waals surface area contributed by atoms with Gasteiger partial charge in [0.2, 0.25) is 0 Å². The molecule has 6 heteroatoms. The van der Waals surface area contributed by atoms with Crippen LogP contribution in [0, 0.1) is 5.82 Å². The molecule has 0 saturated heterocycles. The van der Waals surface area contributed by atoms with E-state index in [1.807, 2.05) is 0 Å². The fourth-order valence-corrected chi connectivity index (χ4v) is 1.51. The first-order chi connectivity index (χ1) is 7.75. The summed E-state index contributed by atoms with van der Waals surface area (Å²) in [7, 11) is 0. The standard InChI is InChI=1S/C11H12BrFN2OS/c1-11(2,10(14)17)15-9(16)6-4-3-5-7(12)8(6)13/h3-5H,1-2H3,(H2,14,17)(H,15,16). The number of nitrogens with one attached hydrogen (secondary N) is 1. The van der Waals surface area contributed by atoms with Crippen molar-refractivity contribution >= 4 is 39.0 Å². The van der Waals surface area contributed by atoms with Gasteiger partial charge in [-0.05, 0) is 41.9 Å². The van der Waals surface area contributed by atoms with Crippen LogP contribution in [0.15, 0.2) is 22.7 Å². The monoisotopic (exact) mass is 318 g/mol. The fraction of sp³-hybridized carbons (Fsp3) is 0.273. The van der Waals surface area contributed by atoms with Gasteiger partial charge in [0, 0.05) is 0 Å². The molecule has 0 aliphatic heterocycles. The molecule has 0 saturated carbocycles. The van der Waals surface area contributed by atoms with Crippen LogP contribution < -0.4 is 11.1 Å². The summed E-state index contributed by atoms with van der Waals surface area (Å²) >= 11 is 7.84. The summed E-state index contributed by atoms with van der Waals surface area (Å²) in [5, 5.41) is 2.57. The number of hydrogen-bond donors (Lipinski definition) is 2. The summed E-state index contributed by atoms with van der Waals surface area (Å²) in [4.78, 5) is 12.0. The van der Waals surface area contributed by atoms with Crippen LogP contribution in [0.3, 0.4) is 0 Å². The van der Waals surface area contributed by atoms with E-state index in [0.717, 1.165) is 0 Å². The summed E-state index contributed by atoms with van der Waals surface area (Å²) < 4.78 is 13.9. The van der Waals surface area contributed by atoms with Crippen molar-refractivity contribution in [2.24, 2.45) is 5.73 Å². The SMILES string of the molecule is CC(C)(NC(=O)c1cccc(Br)c1F)C(N)=S. The number of hydrogen-bond acceptors (Lipinski definition) is 2. The first-order valence-electron chi connectivity index (χ1n) is 4.82. The van der Waals surface area contributed by atoms with Gasteiger partial charge >= 0.3 is 0 Å². The van der Waals surface area contributed by atoms with Crippen molar-refractivity contribution in [1.82, 2.24) is 5.32 Å². The number of halogens is 2. The maximum atomic E-state index is 13.7. The second-order valence-corrected chi connectivity index (χ2v) is 5.34. The number of nitrogens with two attached hydrogens (primary N) is 1. The van der Waals surface area contributed by atoms with Crippen molar-refractivity contribution in [3.63, 3.8) is 0 Å². The van der Waals surface area contributed by atoms with E-state index in [0.29, 0.717) is 0 Å². The molecule has 0 aliphatic rings. The Morgan fingerprint density at radius 1 is 1.53 bits per heavy atom. The lowest BCUT2D eigenvalue weighted by Crippen LogP contribution is -2.52. The van der Waals surface area contributed by atoms with Crippen molar-refractivity contribution in [2.75, 3.05) is 0 Å². The second-order valence-electron chi connectivity index (χ2n) is 4.04. The molecule has 0 spiro atoms. The van der Waals surface area contributed by atoms with Gasteiger partial charge in [-0.2, -0.15) is 0 Å². The van der Waals surface area contributed by atoms with Crippen molar-refractivity contribution in [2.45, 2.75) is 19.4 Å². The predicted octanol–water partition coefficient (Wildman–Crippen LogP) is 2.38. The average molecular weight is 319 g/mol. The lowest BCUT2D eigenvalue weighted by molar-refractivity contribution is 0.0928. The van der Waals surface area contributed by atoms with Crippen molar-refractivity contribution < 1.29 is 9.18 Å². The lowest BCUT2D eigenvalue weighted by atomic mass is 10.0. The minimum Gasteiger partial charge on any atom is -0.391 e. The molecule has 0 aliphatic carbocycles. The molecule has 3 N–H and O–H groups in total. The van der Waals surface area contributed by atoms with Crippen molar-refractivity contribution in [1.29, 1.82) is 0 Å². The molecular formula is C11H12BrFN2OS. The first-order valence-corrected chi connectivity index (χ1v) is 6.02. The van der Waals surface area contributed by atoms with Crippen LogP contribution in [0.1, 0.15) is 24.2 Å². The quantitative estimate of drug-likeness (QED) is 0.841. The normalized spacial score (nSPS) is 11.1. The number of amides is 1. The highest BCUT2D eigenvalue weighted by Crippen LogP contribution is 2.19. The summed E-state index contributed by atoms with van der Waals surface area (Å²) in [6.45, 7) is 3.31. The Morgan fingerprint density at radius 2 is 2.12 bits per heavy atom. The zero-order chi connectivity index (χ0) is 13.2. The largest absolute Gasteiger partial charge is 0.391 e. The molecule has 0 atom stereocenters. The van der Waals surface area contributed by atoms with Gasteiger partial charge < -0.3 is 11.1 Å². The lowest BCUT2D eigenvalue weighted by Gasteiger charge is -2.24. The van der Waals surface area contributed by atoms with Crippen LogP contribution in [0.2, 0.25) is 0 Å². The number of benzene rings is 1. The van der Waals surface area contributed by atoms with Gasteiger partial charge in [-0.15, -0.1) is 0 Å². The van der Waals surface area contributed by atoms with E-state index < -0.39 is 17.3 Å². The molecule has 0 aromatic heterocycles. The van der Waals surface area contributed by atoms with Gasteiger partial charge in [-0.25, -0.2) is 4.39 Å². The highest BCUT2D eigenvalue weighted by atomic mass is 79.9. The topological polar surface area (TPSA) is 55.1 Å². The maximum Gasteiger partial charge on any atom is 0.255 e. The van der Waals surface area contributed by atoms with E-state index in [1.165, 1.54) is 12.1 Å². The van der Waals surface area contributed by atoms with Crippen LogP contribution in [-0.2, 0) is 0 Å². The molecule has 1 aromatic rings. The first kappa shape index (κ1) is 14.1. The smallest absolute Gasteiger partial charge is 0.255 e.